The minimum absolute atomic E-state index is 0.162. The van der Waals surface area contributed by atoms with Gasteiger partial charge >= 0.3 is 0 Å². The van der Waals surface area contributed by atoms with Crippen LogP contribution in [0.1, 0.15) is 0 Å². The molecule has 3 nitrogen and oxygen atoms in total. The Kier molecular flexibility index (Phi) is 3.97. The molecule has 0 spiro atoms. The second kappa shape index (κ2) is 5.47. The molecular weight excluding hydrogens is 217 g/mol. The first-order valence-corrected chi connectivity index (χ1v) is 6.04. The van der Waals surface area contributed by atoms with E-state index in [0.29, 0.717) is 6.04 Å². The van der Waals surface area contributed by atoms with Crippen LogP contribution in [0.2, 0.25) is 0 Å². The van der Waals surface area contributed by atoms with Crippen LogP contribution in [0.25, 0.3) is 0 Å². The molecule has 4 heteroatoms. The topological polar surface area (TPSA) is 18.5 Å². The smallest absolute Gasteiger partial charge is 0.125 e. The maximum absolute atomic E-state index is 13.3. The highest BCUT2D eigenvalue weighted by Crippen LogP contribution is 2.19. The van der Waals surface area contributed by atoms with Gasteiger partial charge in [0, 0.05) is 31.9 Å². The highest BCUT2D eigenvalue weighted by molar-refractivity contribution is 5.48. The SMILES string of the molecule is CN(C)CC1CNCCN1c1cccc(F)c1. The van der Waals surface area contributed by atoms with E-state index < -0.39 is 0 Å². The van der Waals surface area contributed by atoms with E-state index in [1.54, 1.807) is 12.1 Å². The number of hydrogen-bond donors (Lipinski definition) is 1. The number of likely N-dealkylation sites (N-methyl/N-ethyl adjacent to an activating group) is 1. The molecule has 1 N–H and O–H groups in total. The normalized spacial score (nSPS) is 20.9. The maximum atomic E-state index is 13.3. The van der Waals surface area contributed by atoms with Crippen molar-refractivity contribution in [3.05, 3.63) is 30.1 Å². The fourth-order valence-corrected chi connectivity index (χ4v) is 2.34. The largest absolute Gasteiger partial charge is 0.365 e. The molecule has 1 unspecified atom stereocenters. The summed E-state index contributed by atoms with van der Waals surface area (Å²) in [6.07, 6.45) is 0. The monoisotopic (exact) mass is 237 g/mol. The summed E-state index contributed by atoms with van der Waals surface area (Å²) in [4.78, 5) is 4.46. The van der Waals surface area contributed by atoms with E-state index in [0.717, 1.165) is 31.9 Å². The van der Waals surface area contributed by atoms with Crippen LogP contribution in [0.3, 0.4) is 0 Å². The van der Waals surface area contributed by atoms with Crippen LogP contribution < -0.4 is 10.2 Å². The van der Waals surface area contributed by atoms with Crippen molar-refractivity contribution in [2.45, 2.75) is 6.04 Å². The van der Waals surface area contributed by atoms with Crippen molar-refractivity contribution in [2.24, 2.45) is 0 Å². The van der Waals surface area contributed by atoms with Gasteiger partial charge < -0.3 is 15.1 Å². The molecule has 0 bridgehead atoms. The number of piperazine rings is 1. The lowest BCUT2D eigenvalue weighted by Crippen LogP contribution is -2.55. The van der Waals surface area contributed by atoms with Crippen LogP contribution in [0, 0.1) is 5.82 Å². The lowest BCUT2D eigenvalue weighted by Gasteiger charge is -2.39. The summed E-state index contributed by atoms with van der Waals surface area (Å²) in [5, 5.41) is 3.39. The molecule has 1 aliphatic rings. The molecule has 17 heavy (non-hydrogen) atoms. The molecule has 94 valence electrons. The number of benzene rings is 1. The summed E-state index contributed by atoms with van der Waals surface area (Å²) in [5.41, 5.74) is 0.985. The molecule has 1 aromatic carbocycles. The summed E-state index contributed by atoms with van der Waals surface area (Å²) in [6, 6.07) is 7.28. The molecule has 1 aliphatic heterocycles. The Morgan fingerprint density at radius 1 is 1.47 bits per heavy atom. The third kappa shape index (κ3) is 3.17. The second-order valence-corrected chi connectivity index (χ2v) is 4.79. The quantitative estimate of drug-likeness (QED) is 0.851. The van der Waals surface area contributed by atoms with Crippen LogP contribution >= 0.6 is 0 Å². The number of nitrogens with zero attached hydrogens (tertiary/aromatic N) is 2. The molecule has 1 saturated heterocycles. The van der Waals surface area contributed by atoms with E-state index in [1.165, 1.54) is 6.07 Å². The van der Waals surface area contributed by atoms with Crippen LogP contribution in [-0.2, 0) is 0 Å². The minimum atomic E-state index is -0.162. The number of halogens is 1. The molecule has 1 aromatic rings. The first-order valence-electron chi connectivity index (χ1n) is 6.04. The minimum Gasteiger partial charge on any atom is -0.365 e. The summed E-state index contributed by atoms with van der Waals surface area (Å²) in [5.74, 6) is -0.162. The van der Waals surface area contributed by atoms with Gasteiger partial charge in [-0.05, 0) is 32.3 Å². The van der Waals surface area contributed by atoms with E-state index >= 15 is 0 Å². The van der Waals surface area contributed by atoms with Gasteiger partial charge in [-0.2, -0.15) is 0 Å². The zero-order chi connectivity index (χ0) is 12.3. The predicted octanol–water partition coefficient (Wildman–Crippen LogP) is 1.17. The molecule has 0 saturated carbocycles. The van der Waals surface area contributed by atoms with Crippen LogP contribution in [0.5, 0.6) is 0 Å². The first-order chi connectivity index (χ1) is 8.16. The molecule has 1 atom stereocenters. The van der Waals surface area contributed by atoms with Gasteiger partial charge in [0.25, 0.3) is 0 Å². The first kappa shape index (κ1) is 12.3. The Labute approximate surface area is 102 Å². The van der Waals surface area contributed by atoms with Gasteiger partial charge in [-0.3, -0.25) is 0 Å². The summed E-state index contributed by atoms with van der Waals surface area (Å²) >= 11 is 0. The molecule has 0 aromatic heterocycles. The second-order valence-electron chi connectivity index (χ2n) is 4.79. The standard InChI is InChI=1S/C13H20FN3/c1-16(2)10-13-9-15-6-7-17(13)12-5-3-4-11(14)8-12/h3-5,8,13,15H,6-7,9-10H2,1-2H3. The van der Waals surface area contributed by atoms with Gasteiger partial charge in [0.1, 0.15) is 5.82 Å². The van der Waals surface area contributed by atoms with Gasteiger partial charge in [0.2, 0.25) is 0 Å². The Balaban J connectivity index is 2.15. The van der Waals surface area contributed by atoms with Gasteiger partial charge in [-0.25, -0.2) is 4.39 Å². The number of rotatable bonds is 3. The molecule has 0 amide bonds. The third-order valence-corrected chi connectivity index (χ3v) is 3.07. The van der Waals surface area contributed by atoms with Crippen molar-refractivity contribution < 1.29 is 4.39 Å². The van der Waals surface area contributed by atoms with Crippen molar-refractivity contribution in [3.63, 3.8) is 0 Å². The lowest BCUT2D eigenvalue weighted by molar-refractivity contribution is 0.336. The average Bonchev–Trinajstić information content (AvgIpc) is 2.29. The van der Waals surface area contributed by atoms with E-state index in [-0.39, 0.29) is 5.82 Å². The van der Waals surface area contributed by atoms with Crippen molar-refractivity contribution in [1.82, 2.24) is 10.2 Å². The van der Waals surface area contributed by atoms with Crippen LogP contribution in [-0.4, -0.2) is 51.2 Å². The van der Waals surface area contributed by atoms with E-state index in [4.69, 9.17) is 0 Å². The van der Waals surface area contributed by atoms with E-state index in [1.807, 2.05) is 6.07 Å². The molecule has 0 aliphatic carbocycles. The van der Waals surface area contributed by atoms with Crippen molar-refractivity contribution >= 4 is 5.69 Å². The van der Waals surface area contributed by atoms with E-state index in [9.17, 15) is 4.39 Å². The fourth-order valence-electron chi connectivity index (χ4n) is 2.34. The Morgan fingerprint density at radius 2 is 2.29 bits per heavy atom. The molecule has 1 heterocycles. The molecular formula is C13H20FN3. The Bertz CT molecular complexity index is 367. The van der Waals surface area contributed by atoms with Gasteiger partial charge in [-0.1, -0.05) is 6.07 Å². The van der Waals surface area contributed by atoms with Crippen molar-refractivity contribution in [2.75, 3.05) is 45.2 Å². The zero-order valence-corrected chi connectivity index (χ0v) is 10.5. The summed E-state index contributed by atoms with van der Waals surface area (Å²) in [6.45, 7) is 3.82. The predicted molar refractivity (Wildman–Crippen MR) is 69.0 cm³/mol. The fraction of sp³-hybridized carbons (Fsp3) is 0.538. The summed E-state index contributed by atoms with van der Waals surface area (Å²) in [7, 11) is 4.14. The lowest BCUT2D eigenvalue weighted by atomic mass is 10.1. The van der Waals surface area contributed by atoms with Crippen LogP contribution in [0.4, 0.5) is 10.1 Å². The number of hydrogen-bond acceptors (Lipinski definition) is 3. The Hall–Kier alpha value is -1.13. The zero-order valence-electron chi connectivity index (χ0n) is 10.5. The van der Waals surface area contributed by atoms with Gasteiger partial charge in [-0.15, -0.1) is 0 Å². The highest BCUT2D eigenvalue weighted by Gasteiger charge is 2.22. The molecule has 1 fully saturated rings. The third-order valence-electron chi connectivity index (χ3n) is 3.07. The molecule has 0 radical (unpaired) electrons. The van der Waals surface area contributed by atoms with E-state index in [2.05, 4.69) is 29.2 Å². The van der Waals surface area contributed by atoms with Crippen molar-refractivity contribution in [3.8, 4) is 0 Å². The van der Waals surface area contributed by atoms with Crippen molar-refractivity contribution in [1.29, 1.82) is 0 Å². The Morgan fingerprint density at radius 3 is 3.00 bits per heavy atom. The summed E-state index contributed by atoms with van der Waals surface area (Å²) < 4.78 is 13.3. The number of anilines is 1. The van der Waals surface area contributed by atoms with Crippen LogP contribution in [0.15, 0.2) is 24.3 Å². The highest BCUT2D eigenvalue weighted by atomic mass is 19.1. The molecule has 2 rings (SSSR count). The van der Waals surface area contributed by atoms with Gasteiger partial charge in [0.05, 0.1) is 6.04 Å². The average molecular weight is 237 g/mol. The maximum Gasteiger partial charge on any atom is 0.125 e. The van der Waals surface area contributed by atoms with Gasteiger partial charge in [0.15, 0.2) is 0 Å². The number of nitrogens with one attached hydrogen (secondary N) is 1.